The Morgan fingerprint density at radius 2 is 0.712 bits per heavy atom. The van der Waals surface area contributed by atoms with Gasteiger partial charge in [-0.3, -0.25) is 0 Å². The van der Waals surface area contributed by atoms with Crippen LogP contribution in [0.1, 0.15) is 22.3 Å². The highest BCUT2D eigenvalue weighted by Gasteiger charge is 2.53. The summed E-state index contributed by atoms with van der Waals surface area (Å²) in [5, 5.41) is 2.42. The van der Waals surface area contributed by atoms with E-state index in [0.29, 0.717) is 5.82 Å². The summed E-state index contributed by atoms with van der Waals surface area (Å²) in [7, 11) is 0. The summed E-state index contributed by atoms with van der Waals surface area (Å²) < 4.78 is 0. The first-order valence-corrected chi connectivity index (χ1v) is 20.3. The molecule has 2 heteroatoms. The van der Waals surface area contributed by atoms with Crippen molar-refractivity contribution in [2.75, 3.05) is 0 Å². The lowest BCUT2D eigenvalue weighted by Gasteiger charge is -2.31. The Kier molecular flexibility index (Phi) is 7.48. The van der Waals surface area contributed by atoms with Gasteiger partial charge in [-0.25, -0.2) is 9.97 Å². The molecule has 274 valence electrons. The van der Waals surface area contributed by atoms with E-state index in [1.54, 1.807) is 0 Å². The van der Waals surface area contributed by atoms with Gasteiger partial charge in [0.25, 0.3) is 0 Å². The van der Waals surface area contributed by atoms with Crippen LogP contribution < -0.4 is 0 Å². The maximum atomic E-state index is 5.52. The molecule has 0 N–H and O–H groups in total. The van der Waals surface area contributed by atoms with Crippen molar-refractivity contribution in [1.29, 1.82) is 0 Å². The molecule has 9 aromatic carbocycles. The number of fused-ring (bicyclic) bond motifs is 12. The van der Waals surface area contributed by atoms with Crippen molar-refractivity contribution in [3.8, 4) is 78.4 Å². The Hall–Kier alpha value is -7.68. The maximum Gasteiger partial charge on any atom is 0.161 e. The molecule has 1 spiro atoms. The monoisotopic (exact) mass is 748 g/mol. The summed E-state index contributed by atoms with van der Waals surface area (Å²) in [5.41, 5.74) is 19.4. The lowest BCUT2D eigenvalue weighted by molar-refractivity contribution is 0.801. The van der Waals surface area contributed by atoms with Crippen LogP contribution in [0.15, 0.2) is 218 Å². The van der Waals surface area contributed by atoms with E-state index in [4.69, 9.17) is 9.97 Å². The average molecular weight is 749 g/mol. The van der Waals surface area contributed by atoms with Gasteiger partial charge in [0.15, 0.2) is 5.82 Å². The van der Waals surface area contributed by atoms with Gasteiger partial charge in [0.2, 0.25) is 0 Å². The van der Waals surface area contributed by atoms with Crippen molar-refractivity contribution in [3.05, 3.63) is 241 Å². The van der Waals surface area contributed by atoms with Crippen molar-refractivity contribution in [2.45, 2.75) is 5.41 Å². The molecule has 12 rings (SSSR count). The fourth-order valence-corrected chi connectivity index (χ4v) is 9.94. The summed E-state index contributed by atoms with van der Waals surface area (Å²) in [6.45, 7) is 0. The topological polar surface area (TPSA) is 25.8 Å². The molecule has 0 radical (unpaired) electrons. The van der Waals surface area contributed by atoms with Crippen LogP contribution in [0.2, 0.25) is 0 Å². The maximum absolute atomic E-state index is 5.52. The predicted octanol–water partition coefficient (Wildman–Crippen LogP) is 14.3. The molecule has 59 heavy (non-hydrogen) atoms. The number of aromatic nitrogens is 2. The van der Waals surface area contributed by atoms with Crippen LogP contribution in [0.5, 0.6) is 0 Å². The Balaban J connectivity index is 1.13. The van der Waals surface area contributed by atoms with Crippen molar-refractivity contribution >= 4 is 10.8 Å². The molecule has 0 unspecified atom stereocenters. The highest BCUT2D eigenvalue weighted by molar-refractivity contribution is 6.08. The molecule has 1 heterocycles. The highest BCUT2D eigenvalue weighted by Crippen LogP contribution is 2.65. The Bertz CT molecular complexity index is 3090. The number of rotatable bonds is 5. The summed E-state index contributed by atoms with van der Waals surface area (Å²) in [6.07, 6.45) is 0. The zero-order valence-corrected chi connectivity index (χ0v) is 32.2. The SMILES string of the molecule is c1ccc(-c2ccc(-c3cc(-c4ccc(-c5ccccc5)cc4)nc(-c4cc5ccccc5c5c4-c4ccccc4C54c5ccccc5-c5ccccc54)n3)cc2)cc1. The molecule has 10 aromatic rings. The second-order valence-electron chi connectivity index (χ2n) is 15.6. The van der Waals surface area contributed by atoms with Crippen LogP contribution in [0.25, 0.3) is 89.2 Å². The Morgan fingerprint density at radius 3 is 1.25 bits per heavy atom. The molecule has 0 atom stereocenters. The number of hydrogen-bond donors (Lipinski definition) is 0. The molecular weight excluding hydrogens is 713 g/mol. The van der Waals surface area contributed by atoms with Gasteiger partial charge in [-0.1, -0.05) is 206 Å². The Labute approximate surface area is 343 Å². The summed E-state index contributed by atoms with van der Waals surface area (Å²) in [5.74, 6) is 0.713. The number of hydrogen-bond acceptors (Lipinski definition) is 2. The zero-order valence-electron chi connectivity index (χ0n) is 32.2. The smallest absolute Gasteiger partial charge is 0.161 e. The van der Waals surface area contributed by atoms with Gasteiger partial charge in [0, 0.05) is 16.7 Å². The molecule has 0 saturated carbocycles. The van der Waals surface area contributed by atoms with Gasteiger partial charge in [0.1, 0.15) is 0 Å². The van der Waals surface area contributed by atoms with Gasteiger partial charge in [0.05, 0.1) is 16.8 Å². The third kappa shape index (κ3) is 5.06. The molecule has 2 aliphatic rings. The van der Waals surface area contributed by atoms with Crippen LogP contribution in [0.4, 0.5) is 0 Å². The van der Waals surface area contributed by atoms with Crippen molar-refractivity contribution in [2.24, 2.45) is 0 Å². The number of nitrogens with zero attached hydrogens (tertiary/aromatic N) is 2. The average Bonchev–Trinajstić information content (AvgIpc) is 3.80. The molecular formula is C57H36N2. The van der Waals surface area contributed by atoms with Gasteiger partial charge in [-0.15, -0.1) is 0 Å². The van der Waals surface area contributed by atoms with E-state index in [0.717, 1.165) is 28.1 Å². The standard InChI is InChI=1S/C57H36N2/c1-3-15-37(16-4-1)39-27-31-41(32-28-39)52-36-53(42-33-29-40(30-34-42)38-17-5-2-6-18-38)59-56(58-52)48-35-43-19-7-8-20-44(43)55-54(48)47-23-11-14-26-51(47)57(55)49-24-12-9-21-45(49)46-22-10-13-25-50(46)57/h1-36H. The van der Waals surface area contributed by atoms with Crippen molar-refractivity contribution in [1.82, 2.24) is 9.97 Å². The predicted molar refractivity (Wildman–Crippen MR) is 243 cm³/mol. The minimum Gasteiger partial charge on any atom is -0.228 e. The van der Waals surface area contributed by atoms with E-state index in [1.165, 1.54) is 77.5 Å². The molecule has 0 amide bonds. The van der Waals surface area contributed by atoms with Gasteiger partial charge in [-0.05, 0) is 89.7 Å². The second kappa shape index (κ2) is 13.2. The fraction of sp³-hybridized carbons (Fsp3) is 0.0175. The minimum atomic E-state index is -0.504. The molecule has 0 fully saturated rings. The first kappa shape index (κ1) is 33.5. The third-order valence-electron chi connectivity index (χ3n) is 12.5. The van der Waals surface area contributed by atoms with Crippen LogP contribution in [0.3, 0.4) is 0 Å². The van der Waals surface area contributed by atoms with Crippen LogP contribution in [0, 0.1) is 0 Å². The van der Waals surface area contributed by atoms with E-state index < -0.39 is 5.41 Å². The first-order chi connectivity index (χ1) is 29.3. The van der Waals surface area contributed by atoms with E-state index in [-0.39, 0.29) is 0 Å². The third-order valence-corrected chi connectivity index (χ3v) is 12.5. The first-order valence-electron chi connectivity index (χ1n) is 20.3. The fourth-order valence-electron chi connectivity index (χ4n) is 9.94. The van der Waals surface area contributed by atoms with E-state index in [9.17, 15) is 0 Å². The number of benzene rings is 9. The van der Waals surface area contributed by atoms with E-state index in [1.807, 2.05) is 0 Å². The van der Waals surface area contributed by atoms with Crippen molar-refractivity contribution in [3.63, 3.8) is 0 Å². The molecule has 1 aromatic heterocycles. The van der Waals surface area contributed by atoms with Gasteiger partial charge >= 0.3 is 0 Å². The summed E-state index contributed by atoms with van der Waals surface area (Å²) in [6, 6.07) is 79.0. The van der Waals surface area contributed by atoms with Crippen LogP contribution in [-0.2, 0) is 5.41 Å². The van der Waals surface area contributed by atoms with Gasteiger partial charge in [-0.2, -0.15) is 0 Å². The molecule has 2 aliphatic carbocycles. The lowest BCUT2D eigenvalue weighted by atomic mass is 9.69. The van der Waals surface area contributed by atoms with Crippen LogP contribution >= 0.6 is 0 Å². The minimum absolute atomic E-state index is 0.504. The molecule has 0 bridgehead atoms. The summed E-state index contributed by atoms with van der Waals surface area (Å²) in [4.78, 5) is 11.0. The highest BCUT2D eigenvalue weighted by atomic mass is 14.9. The van der Waals surface area contributed by atoms with Crippen LogP contribution in [-0.4, -0.2) is 9.97 Å². The largest absolute Gasteiger partial charge is 0.228 e. The van der Waals surface area contributed by atoms with Crippen molar-refractivity contribution < 1.29 is 0 Å². The molecule has 0 aliphatic heterocycles. The van der Waals surface area contributed by atoms with E-state index in [2.05, 4.69) is 218 Å². The molecule has 2 nitrogen and oxygen atoms in total. The zero-order chi connectivity index (χ0) is 38.9. The quantitative estimate of drug-likeness (QED) is 0.175. The summed E-state index contributed by atoms with van der Waals surface area (Å²) >= 11 is 0. The second-order valence-corrected chi connectivity index (χ2v) is 15.6. The van der Waals surface area contributed by atoms with E-state index >= 15 is 0 Å². The lowest BCUT2D eigenvalue weighted by Crippen LogP contribution is -2.26. The molecule has 0 saturated heterocycles. The van der Waals surface area contributed by atoms with Gasteiger partial charge < -0.3 is 0 Å². The normalized spacial score (nSPS) is 12.9. The Morgan fingerprint density at radius 1 is 0.305 bits per heavy atom.